The average Bonchev–Trinajstić information content (AvgIpc) is 3.30. The van der Waals surface area contributed by atoms with Gasteiger partial charge in [0.25, 0.3) is 5.91 Å². The van der Waals surface area contributed by atoms with Crippen LogP contribution in [-0.4, -0.2) is 28.1 Å². The Balaban J connectivity index is 1.66. The molecule has 0 saturated heterocycles. The molecule has 1 aliphatic rings. The summed E-state index contributed by atoms with van der Waals surface area (Å²) in [6.07, 6.45) is 4.86. The number of fused-ring (bicyclic) bond motifs is 1. The number of thiophene rings is 1. The first-order chi connectivity index (χ1) is 11.8. The van der Waals surface area contributed by atoms with Crippen molar-refractivity contribution in [1.82, 2.24) is 15.1 Å². The van der Waals surface area contributed by atoms with Crippen molar-refractivity contribution >= 4 is 17.2 Å². The van der Waals surface area contributed by atoms with Gasteiger partial charge in [-0.15, -0.1) is 11.3 Å². The summed E-state index contributed by atoms with van der Waals surface area (Å²) in [5.41, 5.74) is 4.09. The van der Waals surface area contributed by atoms with Gasteiger partial charge >= 0.3 is 0 Å². The van der Waals surface area contributed by atoms with Crippen molar-refractivity contribution < 1.29 is 4.79 Å². The van der Waals surface area contributed by atoms with Gasteiger partial charge < -0.3 is 4.90 Å². The molecule has 3 aromatic rings. The standard InChI is InChI=1S/C19H19N3OS/c1-22(16-9-4-7-13-6-2-3-8-14(13)16)19(23)15-12-20-21-18(15)17-10-5-11-24-17/h2-3,5-6,8,10-12,16H,4,7,9H2,1H3,(H,20,21)/t16-/m1/s1. The summed E-state index contributed by atoms with van der Waals surface area (Å²) < 4.78 is 0. The number of nitrogens with one attached hydrogen (secondary N) is 1. The van der Waals surface area contributed by atoms with Crippen LogP contribution in [0.3, 0.4) is 0 Å². The van der Waals surface area contributed by atoms with Gasteiger partial charge in [-0.05, 0) is 41.8 Å². The highest BCUT2D eigenvalue weighted by molar-refractivity contribution is 7.13. The van der Waals surface area contributed by atoms with Crippen LogP contribution in [0.5, 0.6) is 0 Å². The lowest BCUT2D eigenvalue weighted by molar-refractivity contribution is 0.0716. The molecule has 0 aliphatic heterocycles. The van der Waals surface area contributed by atoms with E-state index < -0.39 is 0 Å². The lowest BCUT2D eigenvalue weighted by Crippen LogP contribution is -2.33. The molecule has 0 saturated carbocycles. The molecule has 0 spiro atoms. The third-order valence-corrected chi connectivity index (χ3v) is 5.65. The molecule has 5 heteroatoms. The van der Waals surface area contributed by atoms with Crippen LogP contribution in [-0.2, 0) is 6.42 Å². The van der Waals surface area contributed by atoms with Gasteiger partial charge in [-0.2, -0.15) is 5.10 Å². The largest absolute Gasteiger partial charge is 0.335 e. The zero-order valence-electron chi connectivity index (χ0n) is 13.5. The molecule has 1 atom stereocenters. The number of benzene rings is 1. The molecular weight excluding hydrogens is 318 g/mol. The summed E-state index contributed by atoms with van der Waals surface area (Å²) in [6, 6.07) is 12.6. The molecule has 4 rings (SSSR count). The van der Waals surface area contributed by atoms with Crippen LogP contribution in [0.2, 0.25) is 0 Å². The van der Waals surface area contributed by atoms with E-state index >= 15 is 0 Å². The second-order valence-corrected chi connectivity index (χ2v) is 7.11. The number of nitrogens with zero attached hydrogens (tertiary/aromatic N) is 2. The van der Waals surface area contributed by atoms with Crippen molar-refractivity contribution in [2.45, 2.75) is 25.3 Å². The summed E-state index contributed by atoms with van der Waals surface area (Å²) in [5.74, 6) is 0.0221. The van der Waals surface area contributed by atoms with Gasteiger partial charge in [-0.25, -0.2) is 0 Å². The predicted octanol–water partition coefficient (Wildman–Crippen LogP) is 4.29. The predicted molar refractivity (Wildman–Crippen MR) is 96.1 cm³/mol. The molecule has 1 N–H and O–H groups in total. The second kappa shape index (κ2) is 6.24. The van der Waals surface area contributed by atoms with Gasteiger partial charge in [-0.3, -0.25) is 9.89 Å². The zero-order chi connectivity index (χ0) is 16.5. The van der Waals surface area contributed by atoms with Crippen LogP contribution in [0.1, 0.15) is 40.4 Å². The number of aromatic amines is 1. The van der Waals surface area contributed by atoms with Crippen LogP contribution in [0.25, 0.3) is 10.6 Å². The normalized spacial score (nSPS) is 16.6. The number of carbonyl (C=O) groups is 1. The van der Waals surface area contributed by atoms with Gasteiger partial charge in [0, 0.05) is 7.05 Å². The number of amides is 1. The van der Waals surface area contributed by atoms with Gasteiger partial charge in [0.2, 0.25) is 0 Å². The molecule has 0 bridgehead atoms. The van der Waals surface area contributed by atoms with Crippen LogP contribution in [0.4, 0.5) is 0 Å². The van der Waals surface area contributed by atoms with E-state index in [-0.39, 0.29) is 11.9 Å². The fraction of sp³-hybridized carbons (Fsp3) is 0.263. The van der Waals surface area contributed by atoms with Crippen molar-refractivity contribution in [1.29, 1.82) is 0 Å². The summed E-state index contributed by atoms with van der Waals surface area (Å²) >= 11 is 1.61. The lowest BCUT2D eigenvalue weighted by Gasteiger charge is -2.33. The zero-order valence-corrected chi connectivity index (χ0v) is 14.3. The number of aromatic nitrogens is 2. The van der Waals surface area contributed by atoms with Crippen molar-refractivity contribution in [3.8, 4) is 10.6 Å². The van der Waals surface area contributed by atoms with Crippen LogP contribution >= 0.6 is 11.3 Å². The Morgan fingerprint density at radius 3 is 3.00 bits per heavy atom. The van der Waals surface area contributed by atoms with Crippen LogP contribution < -0.4 is 0 Å². The monoisotopic (exact) mass is 337 g/mol. The van der Waals surface area contributed by atoms with Crippen molar-refractivity contribution in [3.63, 3.8) is 0 Å². The van der Waals surface area contributed by atoms with E-state index in [2.05, 4.69) is 34.5 Å². The number of carbonyl (C=O) groups excluding carboxylic acids is 1. The first kappa shape index (κ1) is 15.1. The highest BCUT2D eigenvalue weighted by Crippen LogP contribution is 2.35. The number of aryl methyl sites for hydroxylation is 1. The number of rotatable bonds is 3. The fourth-order valence-corrected chi connectivity index (χ4v) is 4.25. The maximum Gasteiger partial charge on any atom is 0.257 e. The Morgan fingerprint density at radius 2 is 2.17 bits per heavy atom. The lowest BCUT2D eigenvalue weighted by atomic mass is 9.87. The summed E-state index contributed by atoms with van der Waals surface area (Å²) in [6.45, 7) is 0. The highest BCUT2D eigenvalue weighted by Gasteiger charge is 2.29. The second-order valence-electron chi connectivity index (χ2n) is 6.16. The molecule has 122 valence electrons. The van der Waals surface area contributed by atoms with E-state index in [1.165, 1.54) is 11.1 Å². The minimum Gasteiger partial charge on any atom is -0.335 e. The molecule has 0 unspecified atom stereocenters. The summed E-state index contributed by atoms with van der Waals surface area (Å²) in [4.78, 5) is 16.0. The Hall–Kier alpha value is -2.40. The maximum atomic E-state index is 13.1. The summed E-state index contributed by atoms with van der Waals surface area (Å²) in [5, 5.41) is 9.09. The third-order valence-electron chi connectivity index (χ3n) is 4.76. The molecule has 4 nitrogen and oxygen atoms in total. The van der Waals surface area contributed by atoms with Gasteiger partial charge in [-0.1, -0.05) is 30.3 Å². The molecule has 0 fully saturated rings. The SMILES string of the molecule is CN(C(=O)c1cn[nH]c1-c1cccs1)[C@@H]1CCCc2ccccc21. The Morgan fingerprint density at radius 1 is 1.29 bits per heavy atom. The summed E-state index contributed by atoms with van der Waals surface area (Å²) in [7, 11) is 1.90. The van der Waals surface area contributed by atoms with Crippen molar-refractivity contribution in [2.24, 2.45) is 0 Å². The molecule has 1 aromatic carbocycles. The van der Waals surface area contributed by atoms with Crippen LogP contribution in [0, 0.1) is 0 Å². The molecular formula is C19H19N3OS. The van der Waals surface area contributed by atoms with E-state index in [9.17, 15) is 4.79 Å². The van der Waals surface area contributed by atoms with Gasteiger partial charge in [0.1, 0.15) is 0 Å². The molecule has 1 aliphatic carbocycles. The van der Waals surface area contributed by atoms with Crippen LogP contribution in [0.15, 0.2) is 48.0 Å². The highest BCUT2D eigenvalue weighted by atomic mass is 32.1. The Bertz CT molecular complexity index is 853. The van der Waals surface area contributed by atoms with Gasteiger partial charge in [0.05, 0.1) is 28.4 Å². The van der Waals surface area contributed by atoms with E-state index in [1.807, 2.05) is 29.5 Å². The third kappa shape index (κ3) is 2.55. The minimum atomic E-state index is 0.0221. The Labute approximate surface area is 145 Å². The molecule has 2 heterocycles. The van der Waals surface area contributed by atoms with E-state index in [4.69, 9.17) is 0 Å². The van der Waals surface area contributed by atoms with Crippen molar-refractivity contribution in [3.05, 3.63) is 64.7 Å². The molecule has 1 amide bonds. The molecule has 0 radical (unpaired) electrons. The minimum absolute atomic E-state index is 0.0221. The van der Waals surface area contributed by atoms with E-state index in [0.717, 1.165) is 29.8 Å². The molecule has 24 heavy (non-hydrogen) atoms. The van der Waals surface area contributed by atoms with Crippen molar-refractivity contribution in [2.75, 3.05) is 7.05 Å². The first-order valence-electron chi connectivity index (χ1n) is 8.18. The average molecular weight is 337 g/mol. The smallest absolute Gasteiger partial charge is 0.257 e. The number of hydrogen-bond donors (Lipinski definition) is 1. The number of H-pyrrole nitrogens is 1. The maximum absolute atomic E-state index is 13.1. The Kier molecular flexibility index (Phi) is 3.94. The molecule has 2 aromatic heterocycles. The topological polar surface area (TPSA) is 49.0 Å². The first-order valence-corrected chi connectivity index (χ1v) is 9.06. The van der Waals surface area contributed by atoms with E-state index in [1.54, 1.807) is 17.5 Å². The van der Waals surface area contributed by atoms with E-state index in [0.29, 0.717) is 5.56 Å². The quantitative estimate of drug-likeness (QED) is 0.775. The van der Waals surface area contributed by atoms with Gasteiger partial charge in [0.15, 0.2) is 0 Å². The fourth-order valence-electron chi connectivity index (χ4n) is 3.52. The number of hydrogen-bond acceptors (Lipinski definition) is 3.